The zero-order chi connectivity index (χ0) is 21.8. The van der Waals surface area contributed by atoms with Crippen LogP contribution in [0.25, 0.3) is 0 Å². The van der Waals surface area contributed by atoms with Crippen LogP contribution in [0.15, 0.2) is 36.4 Å². The number of amides is 2. The first-order chi connectivity index (χ1) is 14.3. The van der Waals surface area contributed by atoms with Crippen LogP contribution in [0.4, 0.5) is 17.1 Å². The predicted octanol–water partition coefficient (Wildman–Crippen LogP) is 4.21. The Labute approximate surface area is 183 Å². The van der Waals surface area contributed by atoms with Crippen LogP contribution in [0.5, 0.6) is 0 Å². The average Bonchev–Trinajstić information content (AvgIpc) is 3.24. The smallest absolute Gasteiger partial charge is 0.293 e. The third-order valence-electron chi connectivity index (χ3n) is 4.82. The number of rotatable bonds is 6. The van der Waals surface area contributed by atoms with Gasteiger partial charge in [0.05, 0.1) is 27.2 Å². The van der Waals surface area contributed by atoms with E-state index in [2.05, 4.69) is 5.32 Å². The number of carbonyl (C=O) groups is 2. The lowest BCUT2D eigenvalue weighted by molar-refractivity contribution is -0.384. The fourth-order valence-electron chi connectivity index (χ4n) is 3.33. The Kier molecular flexibility index (Phi) is 6.79. The van der Waals surface area contributed by atoms with E-state index in [1.165, 1.54) is 18.0 Å². The second-order valence-corrected chi connectivity index (χ2v) is 7.78. The van der Waals surface area contributed by atoms with Crippen molar-refractivity contribution in [2.24, 2.45) is 0 Å². The number of nitro benzene ring substituents is 1. The molecule has 1 N–H and O–H groups in total. The van der Waals surface area contributed by atoms with Gasteiger partial charge in [0.1, 0.15) is 5.69 Å². The lowest BCUT2D eigenvalue weighted by Crippen LogP contribution is -2.35. The topological polar surface area (TPSA) is 95.8 Å². The van der Waals surface area contributed by atoms with E-state index in [1.54, 1.807) is 30.3 Å². The maximum atomic E-state index is 12.7. The number of hydrogen-bond donors (Lipinski definition) is 1. The number of likely N-dealkylation sites (N-methyl/N-ethyl adjacent to an activating group) is 1. The van der Waals surface area contributed by atoms with Crippen LogP contribution in [0, 0.1) is 10.1 Å². The molecular weight excluding hydrogens is 431 g/mol. The summed E-state index contributed by atoms with van der Waals surface area (Å²) >= 11 is 12.1. The first-order valence-electron chi connectivity index (χ1n) is 9.30. The molecule has 2 aromatic carbocycles. The summed E-state index contributed by atoms with van der Waals surface area (Å²) in [6.07, 6.45) is 1.95. The summed E-state index contributed by atoms with van der Waals surface area (Å²) in [5.41, 5.74) is 0.777. The number of halogens is 2. The number of anilines is 2. The van der Waals surface area contributed by atoms with Crippen LogP contribution in [0.3, 0.4) is 0 Å². The van der Waals surface area contributed by atoms with Crippen molar-refractivity contribution in [2.45, 2.75) is 12.8 Å². The molecule has 158 valence electrons. The molecule has 8 nitrogen and oxygen atoms in total. The summed E-state index contributed by atoms with van der Waals surface area (Å²) in [5.74, 6) is -1.00. The number of benzene rings is 2. The lowest BCUT2D eigenvalue weighted by atomic mass is 10.1. The highest BCUT2D eigenvalue weighted by Gasteiger charge is 2.25. The van der Waals surface area contributed by atoms with Crippen molar-refractivity contribution in [3.63, 3.8) is 0 Å². The molecule has 2 amide bonds. The average molecular weight is 451 g/mol. The van der Waals surface area contributed by atoms with Gasteiger partial charge >= 0.3 is 0 Å². The molecule has 3 rings (SSSR count). The van der Waals surface area contributed by atoms with E-state index in [0.29, 0.717) is 5.69 Å². The largest absolute Gasteiger partial charge is 0.366 e. The van der Waals surface area contributed by atoms with Gasteiger partial charge in [0.15, 0.2) is 0 Å². The van der Waals surface area contributed by atoms with E-state index in [-0.39, 0.29) is 33.5 Å². The van der Waals surface area contributed by atoms with Gasteiger partial charge in [-0.2, -0.15) is 0 Å². The molecule has 0 spiro atoms. The quantitative estimate of drug-likeness (QED) is 0.524. The normalized spacial score (nSPS) is 13.2. The van der Waals surface area contributed by atoms with E-state index in [9.17, 15) is 19.7 Å². The highest BCUT2D eigenvalue weighted by atomic mass is 35.5. The van der Waals surface area contributed by atoms with Crippen molar-refractivity contribution >= 4 is 52.1 Å². The fourth-order valence-corrected chi connectivity index (χ4v) is 3.82. The second kappa shape index (κ2) is 9.32. The van der Waals surface area contributed by atoms with Gasteiger partial charge in [-0.3, -0.25) is 19.7 Å². The van der Waals surface area contributed by atoms with Gasteiger partial charge in [0.2, 0.25) is 5.91 Å². The van der Waals surface area contributed by atoms with E-state index in [0.717, 1.165) is 25.9 Å². The Morgan fingerprint density at radius 3 is 2.40 bits per heavy atom. The molecule has 1 aliphatic rings. The highest BCUT2D eigenvalue weighted by molar-refractivity contribution is 6.39. The second-order valence-electron chi connectivity index (χ2n) is 6.96. The predicted molar refractivity (Wildman–Crippen MR) is 117 cm³/mol. The SMILES string of the molecule is CN(CC(=O)Nc1c(Cl)cccc1Cl)C(=O)c1ccc(N2CCCC2)c([N+](=O)[O-])c1. The molecule has 0 aliphatic carbocycles. The molecule has 1 fully saturated rings. The van der Waals surface area contributed by atoms with Gasteiger partial charge in [-0.15, -0.1) is 0 Å². The first kappa shape index (κ1) is 21.9. The Balaban J connectivity index is 1.73. The van der Waals surface area contributed by atoms with Crippen molar-refractivity contribution < 1.29 is 14.5 Å². The Hall–Kier alpha value is -2.84. The van der Waals surface area contributed by atoms with Gasteiger partial charge in [-0.25, -0.2) is 0 Å². The molecular formula is C20H20Cl2N4O4. The van der Waals surface area contributed by atoms with Gasteiger partial charge < -0.3 is 15.1 Å². The molecule has 0 radical (unpaired) electrons. The number of carbonyl (C=O) groups excluding carboxylic acids is 2. The summed E-state index contributed by atoms with van der Waals surface area (Å²) in [6.45, 7) is 1.22. The van der Waals surface area contributed by atoms with Crippen LogP contribution in [-0.4, -0.2) is 48.3 Å². The molecule has 0 unspecified atom stereocenters. The van der Waals surface area contributed by atoms with Gasteiger partial charge in [-0.1, -0.05) is 29.3 Å². The summed E-state index contributed by atoms with van der Waals surface area (Å²) in [7, 11) is 1.44. The lowest BCUT2D eigenvalue weighted by Gasteiger charge is -2.20. The van der Waals surface area contributed by atoms with Crippen LogP contribution in [0.2, 0.25) is 10.0 Å². The minimum Gasteiger partial charge on any atom is -0.366 e. The van der Waals surface area contributed by atoms with Gasteiger partial charge in [-0.05, 0) is 37.1 Å². The van der Waals surface area contributed by atoms with E-state index < -0.39 is 16.7 Å². The number of nitro groups is 1. The minimum atomic E-state index is -0.508. The molecule has 10 heteroatoms. The van der Waals surface area contributed by atoms with Crippen LogP contribution < -0.4 is 10.2 Å². The summed E-state index contributed by atoms with van der Waals surface area (Å²) in [5, 5.41) is 14.7. The van der Waals surface area contributed by atoms with Crippen LogP contribution >= 0.6 is 23.2 Å². The fraction of sp³-hybridized carbons (Fsp3) is 0.300. The molecule has 1 aliphatic heterocycles. The summed E-state index contributed by atoms with van der Waals surface area (Å²) in [4.78, 5) is 39.2. The standard InChI is InChI=1S/C20H20Cl2N4O4/c1-24(12-18(27)23-19-14(21)5-4-6-15(19)22)20(28)13-7-8-16(17(11-13)26(29)30)25-9-2-3-10-25/h4-8,11H,2-3,9-10,12H2,1H3,(H,23,27). The molecule has 1 saturated heterocycles. The van der Waals surface area contributed by atoms with E-state index in [1.807, 2.05) is 4.90 Å². The summed E-state index contributed by atoms with van der Waals surface area (Å²) < 4.78 is 0. The van der Waals surface area contributed by atoms with Crippen LogP contribution in [-0.2, 0) is 4.79 Å². The Morgan fingerprint density at radius 1 is 1.17 bits per heavy atom. The van der Waals surface area contributed by atoms with Crippen molar-refractivity contribution in [1.29, 1.82) is 0 Å². The first-order valence-corrected chi connectivity index (χ1v) is 10.1. The number of nitrogens with one attached hydrogen (secondary N) is 1. The summed E-state index contributed by atoms with van der Waals surface area (Å²) in [6, 6.07) is 9.21. The van der Waals surface area contributed by atoms with Gasteiger partial charge in [0, 0.05) is 31.8 Å². The number of nitrogens with zero attached hydrogens (tertiary/aromatic N) is 3. The third kappa shape index (κ3) is 4.83. The minimum absolute atomic E-state index is 0.122. The maximum absolute atomic E-state index is 12.7. The van der Waals surface area contributed by atoms with E-state index in [4.69, 9.17) is 23.2 Å². The van der Waals surface area contributed by atoms with Crippen molar-refractivity contribution in [2.75, 3.05) is 36.9 Å². The molecule has 0 aromatic heterocycles. The maximum Gasteiger partial charge on any atom is 0.293 e. The molecule has 30 heavy (non-hydrogen) atoms. The molecule has 1 heterocycles. The number of hydrogen-bond acceptors (Lipinski definition) is 5. The van der Waals surface area contributed by atoms with E-state index >= 15 is 0 Å². The van der Waals surface area contributed by atoms with Crippen molar-refractivity contribution in [3.8, 4) is 0 Å². The Bertz CT molecular complexity index is 973. The third-order valence-corrected chi connectivity index (χ3v) is 5.45. The van der Waals surface area contributed by atoms with Gasteiger partial charge in [0.25, 0.3) is 11.6 Å². The monoisotopic (exact) mass is 450 g/mol. The van der Waals surface area contributed by atoms with Crippen molar-refractivity contribution in [3.05, 3.63) is 62.1 Å². The highest BCUT2D eigenvalue weighted by Crippen LogP contribution is 2.32. The van der Waals surface area contributed by atoms with Crippen LogP contribution in [0.1, 0.15) is 23.2 Å². The zero-order valence-electron chi connectivity index (χ0n) is 16.2. The number of para-hydroxylation sites is 1. The molecule has 0 bridgehead atoms. The molecule has 2 aromatic rings. The Morgan fingerprint density at radius 2 is 1.80 bits per heavy atom. The molecule has 0 atom stereocenters. The zero-order valence-corrected chi connectivity index (χ0v) is 17.7. The van der Waals surface area contributed by atoms with Crippen molar-refractivity contribution in [1.82, 2.24) is 4.90 Å². The molecule has 0 saturated carbocycles.